The minimum absolute atomic E-state index is 0.109. The van der Waals surface area contributed by atoms with Gasteiger partial charge in [0.25, 0.3) is 5.91 Å². The van der Waals surface area contributed by atoms with Crippen LogP contribution < -0.4 is 4.90 Å². The molecule has 0 spiro atoms. The predicted molar refractivity (Wildman–Crippen MR) is 95.8 cm³/mol. The Morgan fingerprint density at radius 3 is 2.85 bits per heavy atom. The first kappa shape index (κ1) is 15.3. The van der Waals surface area contributed by atoms with Gasteiger partial charge in [0.2, 0.25) is 5.13 Å². The number of carbonyl (C=O) groups excluding carboxylic acids is 2. The molecule has 3 aromatic rings. The average Bonchev–Trinajstić information content (AvgIpc) is 3.10. The molecule has 1 aliphatic carbocycles. The largest absolute Gasteiger partial charge is 0.503 e. The van der Waals surface area contributed by atoms with Crippen molar-refractivity contribution in [3.63, 3.8) is 0 Å². The van der Waals surface area contributed by atoms with Crippen molar-refractivity contribution in [2.45, 2.75) is 18.9 Å². The fraction of sp³-hybridized carbons (Fsp3) is 0.222. The summed E-state index contributed by atoms with van der Waals surface area (Å²) in [7, 11) is 0. The minimum Gasteiger partial charge on any atom is -0.503 e. The lowest BCUT2D eigenvalue weighted by molar-refractivity contribution is -0.118. The van der Waals surface area contributed by atoms with Crippen LogP contribution in [-0.2, 0) is 9.59 Å². The monoisotopic (exact) mass is 366 g/mol. The Morgan fingerprint density at radius 2 is 2.12 bits per heavy atom. The van der Waals surface area contributed by atoms with Gasteiger partial charge in [-0.15, -0.1) is 10.2 Å². The van der Waals surface area contributed by atoms with Gasteiger partial charge in [-0.25, -0.2) is 0 Å². The molecule has 1 unspecified atom stereocenters. The van der Waals surface area contributed by atoms with Gasteiger partial charge in [-0.05, 0) is 18.9 Å². The van der Waals surface area contributed by atoms with E-state index in [1.54, 1.807) is 6.20 Å². The van der Waals surface area contributed by atoms with E-state index in [4.69, 9.17) is 0 Å². The molecule has 5 rings (SSSR count). The summed E-state index contributed by atoms with van der Waals surface area (Å²) < 4.78 is 0. The number of rotatable bonds is 4. The number of fused-ring (bicyclic) bond motifs is 1. The molecule has 1 aromatic carbocycles. The molecule has 8 heteroatoms. The number of aliphatic hydroxyl groups is 1. The summed E-state index contributed by atoms with van der Waals surface area (Å²) in [6, 6.07) is 6.96. The average molecular weight is 366 g/mol. The third-order valence-corrected chi connectivity index (χ3v) is 5.58. The van der Waals surface area contributed by atoms with Crippen LogP contribution in [0.1, 0.15) is 24.4 Å². The molecule has 7 nitrogen and oxygen atoms in total. The minimum atomic E-state index is -0.709. The van der Waals surface area contributed by atoms with Crippen LogP contribution >= 0.6 is 11.3 Å². The second-order valence-corrected chi connectivity index (χ2v) is 7.30. The zero-order chi connectivity index (χ0) is 17.8. The van der Waals surface area contributed by atoms with Crippen LogP contribution in [0.25, 0.3) is 10.9 Å². The third-order valence-electron chi connectivity index (χ3n) is 4.89. The number of nitrogens with one attached hydrogen (secondary N) is 1. The molecule has 2 aliphatic rings. The number of aromatic nitrogens is 3. The van der Waals surface area contributed by atoms with Crippen molar-refractivity contribution in [1.82, 2.24) is 15.2 Å². The third kappa shape index (κ3) is 2.12. The second-order valence-electron chi connectivity index (χ2n) is 6.49. The van der Waals surface area contributed by atoms with E-state index in [0.29, 0.717) is 5.13 Å². The SMILES string of the molecule is O=C(C1=C(O)C(=O)N(c2nncs2)C1c1c[nH]c2ccccc12)C1CC1. The van der Waals surface area contributed by atoms with E-state index >= 15 is 0 Å². The topological polar surface area (TPSA) is 99.2 Å². The fourth-order valence-electron chi connectivity index (χ4n) is 3.51. The summed E-state index contributed by atoms with van der Waals surface area (Å²) >= 11 is 1.19. The van der Waals surface area contributed by atoms with Gasteiger partial charge in [0.05, 0.1) is 11.6 Å². The number of para-hydroxylation sites is 1. The lowest BCUT2D eigenvalue weighted by atomic mass is 9.94. The maximum atomic E-state index is 12.9. The van der Waals surface area contributed by atoms with Gasteiger partial charge in [0, 0.05) is 28.6 Å². The quantitative estimate of drug-likeness (QED) is 0.740. The normalized spacial score (nSPS) is 20.4. The van der Waals surface area contributed by atoms with Crippen molar-refractivity contribution in [3.8, 4) is 0 Å². The molecule has 0 saturated heterocycles. The number of hydrogen-bond donors (Lipinski definition) is 2. The van der Waals surface area contributed by atoms with E-state index in [9.17, 15) is 14.7 Å². The van der Waals surface area contributed by atoms with Crippen molar-refractivity contribution in [2.24, 2.45) is 5.92 Å². The van der Waals surface area contributed by atoms with Crippen LogP contribution in [0.5, 0.6) is 0 Å². The predicted octanol–water partition coefficient (Wildman–Crippen LogP) is 2.90. The number of Topliss-reactive ketones (excluding diaryl/α,β-unsaturated/α-hetero) is 1. The van der Waals surface area contributed by atoms with Crippen molar-refractivity contribution < 1.29 is 14.7 Å². The Balaban J connectivity index is 1.73. The summed E-state index contributed by atoms with van der Waals surface area (Å²) in [5.74, 6) is -1.35. The van der Waals surface area contributed by atoms with E-state index < -0.39 is 17.7 Å². The molecule has 1 amide bonds. The Morgan fingerprint density at radius 1 is 1.31 bits per heavy atom. The highest BCUT2D eigenvalue weighted by Gasteiger charge is 2.49. The molecule has 3 heterocycles. The molecule has 1 aliphatic heterocycles. The Labute approximate surface area is 152 Å². The molecule has 1 saturated carbocycles. The van der Waals surface area contributed by atoms with Crippen LogP contribution in [0, 0.1) is 5.92 Å². The number of amides is 1. The van der Waals surface area contributed by atoms with Gasteiger partial charge in [0.1, 0.15) is 5.51 Å². The van der Waals surface area contributed by atoms with Crippen molar-refractivity contribution in [2.75, 3.05) is 4.90 Å². The van der Waals surface area contributed by atoms with Gasteiger partial charge >= 0.3 is 0 Å². The van der Waals surface area contributed by atoms with E-state index in [1.807, 2.05) is 24.3 Å². The van der Waals surface area contributed by atoms with E-state index in [0.717, 1.165) is 29.3 Å². The molecule has 130 valence electrons. The summed E-state index contributed by atoms with van der Waals surface area (Å²) in [4.78, 5) is 30.2. The molecular weight excluding hydrogens is 352 g/mol. The van der Waals surface area contributed by atoms with Gasteiger partial charge in [-0.2, -0.15) is 0 Å². The Hall–Kier alpha value is -3.00. The van der Waals surface area contributed by atoms with Crippen LogP contribution in [0.15, 0.2) is 47.3 Å². The number of aromatic amines is 1. The number of hydrogen-bond acceptors (Lipinski definition) is 6. The second kappa shape index (κ2) is 5.50. The lowest BCUT2D eigenvalue weighted by Gasteiger charge is -2.23. The van der Waals surface area contributed by atoms with Crippen LogP contribution in [0.3, 0.4) is 0 Å². The van der Waals surface area contributed by atoms with Crippen LogP contribution in [0.2, 0.25) is 0 Å². The standard InChI is InChI=1S/C18H14N4O3S/c23-15(9-5-6-9)13-14(11-7-19-12-4-2-1-3-10(11)12)22(17(25)16(13)24)18-21-20-8-26-18/h1-4,7-9,14,19,24H,5-6H2. The van der Waals surface area contributed by atoms with Crippen LogP contribution in [-0.4, -0.2) is 32.0 Å². The highest BCUT2D eigenvalue weighted by Crippen LogP contribution is 2.46. The highest BCUT2D eigenvalue weighted by atomic mass is 32.1. The zero-order valence-corrected chi connectivity index (χ0v) is 14.4. The maximum Gasteiger partial charge on any atom is 0.296 e. The first-order valence-corrected chi connectivity index (χ1v) is 9.18. The highest BCUT2D eigenvalue weighted by molar-refractivity contribution is 7.13. The molecule has 0 radical (unpaired) electrons. The maximum absolute atomic E-state index is 12.9. The first-order chi connectivity index (χ1) is 12.7. The molecule has 26 heavy (non-hydrogen) atoms. The van der Waals surface area contributed by atoms with Crippen LogP contribution in [0.4, 0.5) is 5.13 Å². The van der Waals surface area contributed by atoms with Crippen molar-refractivity contribution in [1.29, 1.82) is 0 Å². The number of H-pyrrole nitrogens is 1. The van der Waals surface area contributed by atoms with E-state index in [1.165, 1.54) is 21.7 Å². The van der Waals surface area contributed by atoms with Crippen molar-refractivity contribution in [3.05, 3.63) is 52.9 Å². The smallest absolute Gasteiger partial charge is 0.296 e. The van der Waals surface area contributed by atoms with Gasteiger partial charge in [-0.1, -0.05) is 29.5 Å². The molecule has 2 N–H and O–H groups in total. The molecule has 1 atom stereocenters. The molecule has 0 bridgehead atoms. The molecule has 2 aromatic heterocycles. The molecular formula is C18H14N4O3S. The number of ketones is 1. The van der Waals surface area contributed by atoms with Gasteiger partial charge in [0.15, 0.2) is 11.5 Å². The van der Waals surface area contributed by atoms with Crippen molar-refractivity contribution >= 4 is 39.1 Å². The van der Waals surface area contributed by atoms with E-state index in [2.05, 4.69) is 15.2 Å². The number of anilines is 1. The number of benzene rings is 1. The lowest BCUT2D eigenvalue weighted by Crippen LogP contribution is -2.31. The van der Waals surface area contributed by atoms with E-state index in [-0.39, 0.29) is 17.3 Å². The summed E-state index contributed by atoms with van der Waals surface area (Å²) in [5.41, 5.74) is 3.35. The zero-order valence-electron chi connectivity index (χ0n) is 13.5. The summed E-state index contributed by atoms with van der Waals surface area (Å²) in [5, 5.41) is 19.6. The Kier molecular flexibility index (Phi) is 3.23. The number of carbonyl (C=O) groups is 2. The number of aliphatic hydroxyl groups excluding tert-OH is 1. The fourth-order valence-corrected chi connectivity index (χ4v) is 4.09. The summed E-state index contributed by atoms with van der Waals surface area (Å²) in [6.45, 7) is 0. The first-order valence-electron chi connectivity index (χ1n) is 8.30. The molecule has 1 fully saturated rings. The summed E-state index contributed by atoms with van der Waals surface area (Å²) in [6.07, 6.45) is 3.38. The number of nitrogens with zero attached hydrogens (tertiary/aromatic N) is 3. The van der Waals surface area contributed by atoms with Gasteiger partial charge < -0.3 is 10.1 Å². The Bertz CT molecular complexity index is 1070. The van der Waals surface area contributed by atoms with Gasteiger partial charge in [-0.3, -0.25) is 14.5 Å².